The third-order valence-corrected chi connectivity index (χ3v) is 5.11. The van der Waals surface area contributed by atoms with Crippen molar-refractivity contribution >= 4 is 29.4 Å². The van der Waals surface area contributed by atoms with Crippen molar-refractivity contribution in [2.24, 2.45) is 0 Å². The van der Waals surface area contributed by atoms with Gasteiger partial charge in [-0.25, -0.2) is 4.39 Å². The second-order valence-electron chi connectivity index (χ2n) is 6.48. The van der Waals surface area contributed by atoms with Crippen LogP contribution in [0.3, 0.4) is 0 Å². The van der Waals surface area contributed by atoms with Gasteiger partial charge in [0.1, 0.15) is 6.54 Å². The lowest BCUT2D eigenvalue weighted by molar-refractivity contribution is -0.145. The normalized spacial score (nSPS) is 17.5. The number of aliphatic carboxylic acids is 1. The van der Waals surface area contributed by atoms with Crippen LogP contribution in [0, 0.1) is 12.7 Å². The van der Waals surface area contributed by atoms with Crippen molar-refractivity contribution in [2.45, 2.75) is 39.2 Å². The maximum absolute atomic E-state index is 14.3. The molecule has 1 aliphatic rings. The van der Waals surface area contributed by atoms with Crippen LogP contribution >= 0.6 is 11.6 Å². The van der Waals surface area contributed by atoms with Crippen molar-refractivity contribution in [3.63, 3.8) is 0 Å². The summed E-state index contributed by atoms with van der Waals surface area (Å²) in [5.74, 6) is -2.56. The van der Waals surface area contributed by atoms with E-state index in [1.807, 2.05) is 0 Å². The minimum atomic E-state index is -1.08. The molecule has 1 aromatic carbocycles. The van der Waals surface area contributed by atoms with Gasteiger partial charge in [-0.1, -0.05) is 17.7 Å². The Balaban J connectivity index is 2.13. The lowest BCUT2D eigenvalue weighted by Crippen LogP contribution is -2.43. The number of nitrogens with zero attached hydrogens (tertiary/aromatic N) is 2. The molecule has 8 heteroatoms. The summed E-state index contributed by atoms with van der Waals surface area (Å²) in [6.45, 7) is 3.36. The summed E-state index contributed by atoms with van der Waals surface area (Å²) >= 11 is 5.90. The Morgan fingerprint density at radius 3 is 2.62 bits per heavy atom. The standard InChI is InChI=1S/C18H22ClFN2O4/c1-11-5-6-14(17(20)16(11)19)18(26)21-8-3-4-13(7-9-21)22(12(2)23)10-15(24)25/h5-6,13H,3-4,7-10H2,1-2H3,(H,24,25). The van der Waals surface area contributed by atoms with Crippen LogP contribution in [0.2, 0.25) is 5.02 Å². The molecule has 0 saturated carbocycles. The predicted molar refractivity (Wildman–Crippen MR) is 94.7 cm³/mol. The van der Waals surface area contributed by atoms with Crippen LogP contribution in [0.4, 0.5) is 4.39 Å². The molecule has 2 rings (SSSR count). The van der Waals surface area contributed by atoms with E-state index in [-0.39, 0.29) is 29.1 Å². The number of rotatable bonds is 4. The average Bonchev–Trinajstić information content (AvgIpc) is 2.83. The first-order valence-corrected chi connectivity index (χ1v) is 8.83. The first-order chi connectivity index (χ1) is 12.2. The van der Waals surface area contributed by atoms with Gasteiger partial charge in [-0.2, -0.15) is 0 Å². The molecular formula is C18H22ClFN2O4. The average molecular weight is 385 g/mol. The molecular weight excluding hydrogens is 363 g/mol. The van der Waals surface area contributed by atoms with E-state index in [4.69, 9.17) is 16.7 Å². The predicted octanol–water partition coefficient (Wildman–Crippen LogP) is 2.72. The van der Waals surface area contributed by atoms with Crippen LogP contribution in [0.25, 0.3) is 0 Å². The Hall–Kier alpha value is -2.15. The Bertz CT molecular complexity index is 725. The number of likely N-dealkylation sites (tertiary alicyclic amines) is 1. The van der Waals surface area contributed by atoms with Gasteiger partial charge >= 0.3 is 5.97 Å². The summed E-state index contributed by atoms with van der Waals surface area (Å²) in [6.07, 6.45) is 1.63. The van der Waals surface area contributed by atoms with Gasteiger partial charge in [-0.15, -0.1) is 0 Å². The van der Waals surface area contributed by atoms with Crippen molar-refractivity contribution in [2.75, 3.05) is 19.6 Å². The minimum absolute atomic E-state index is 0.0623. The van der Waals surface area contributed by atoms with E-state index < -0.39 is 17.7 Å². The molecule has 6 nitrogen and oxygen atoms in total. The molecule has 1 fully saturated rings. The first-order valence-electron chi connectivity index (χ1n) is 8.45. The highest BCUT2D eigenvalue weighted by atomic mass is 35.5. The third kappa shape index (κ3) is 4.52. The van der Waals surface area contributed by atoms with Crippen molar-refractivity contribution in [3.8, 4) is 0 Å². The van der Waals surface area contributed by atoms with Crippen molar-refractivity contribution < 1.29 is 23.9 Å². The summed E-state index contributed by atoms with van der Waals surface area (Å²) in [5, 5.41) is 8.93. The van der Waals surface area contributed by atoms with Gasteiger partial charge < -0.3 is 14.9 Å². The molecule has 0 aromatic heterocycles. The van der Waals surface area contributed by atoms with E-state index in [1.54, 1.807) is 13.0 Å². The summed E-state index contributed by atoms with van der Waals surface area (Å²) in [5.41, 5.74) is 0.482. The molecule has 0 spiro atoms. The fraction of sp³-hybridized carbons (Fsp3) is 0.500. The molecule has 142 valence electrons. The van der Waals surface area contributed by atoms with Crippen molar-refractivity contribution in [1.29, 1.82) is 0 Å². The Morgan fingerprint density at radius 1 is 1.31 bits per heavy atom. The topological polar surface area (TPSA) is 77.9 Å². The zero-order valence-corrected chi connectivity index (χ0v) is 15.6. The highest BCUT2D eigenvalue weighted by Crippen LogP contribution is 2.25. The highest BCUT2D eigenvalue weighted by molar-refractivity contribution is 6.31. The number of carboxylic acids is 1. The number of halogens is 2. The van der Waals surface area contributed by atoms with Crippen LogP contribution in [-0.2, 0) is 9.59 Å². The second kappa shape index (κ2) is 8.49. The molecule has 1 aromatic rings. The van der Waals surface area contributed by atoms with Gasteiger partial charge in [0.05, 0.1) is 10.6 Å². The lowest BCUT2D eigenvalue weighted by atomic mass is 10.1. The van der Waals surface area contributed by atoms with E-state index in [2.05, 4.69) is 0 Å². The number of carbonyl (C=O) groups excluding carboxylic acids is 2. The van der Waals surface area contributed by atoms with Gasteiger partial charge in [0.2, 0.25) is 5.91 Å². The van der Waals surface area contributed by atoms with Crippen molar-refractivity contribution in [1.82, 2.24) is 9.80 Å². The SMILES string of the molecule is CC(=O)N(CC(=O)O)C1CCCN(C(=O)c2ccc(C)c(Cl)c2F)CC1. The van der Waals surface area contributed by atoms with Gasteiger partial charge in [-0.3, -0.25) is 14.4 Å². The highest BCUT2D eigenvalue weighted by Gasteiger charge is 2.29. The number of carbonyl (C=O) groups is 3. The Labute approximate surface area is 156 Å². The van der Waals surface area contributed by atoms with Crippen LogP contribution < -0.4 is 0 Å². The van der Waals surface area contributed by atoms with E-state index in [0.717, 1.165) is 0 Å². The number of hydrogen-bond acceptors (Lipinski definition) is 3. The van der Waals surface area contributed by atoms with Gasteiger partial charge in [0.15, 0.2) is 5.82 Å². The largest absolute Gasteiger partial charge is 0.480 e. The zero-order valence-electron chi connectivity index (χ0n) is 14.8. The summed E-state index contributed by atoms with van der Waals surface area (Å²) in [4.78, 5) is 38.3. The number of aryl methyl sites for hydroxylation is 1. The quantitative estimate of drug-likeness (QED) is 0.865. The van der Waals surface area contributed by atoms with Gasteiger partial charge in [0.25, 0.3) is 5.91 Å². The molecule has 1 N–H and O–H groups in total. The van der Waals surface area contributed by atoms with E-state index in [9.17, 15) is 18.8 Å². The molecule has 2 amide bonds. The maximum Gasteiger partial charge on any atom is 0.323 e. The molecule has 1 saturated heterocycles. The summed E-state index contributed by atoms with van der Waals surface area (Å²) in [7, 11) is 0. The lowest BCUT2D eigenvalue weighted by Gasteiger charge is -2.29. The third-order valence-electron chi connectivity index (χ3n) is 4.64. The number of amides is 2. The molecule has 0 aliphatic carbocycles. The fourth-order valence-corrected chi connectivity index (χ4v) is 3.38. The monoisotopic (exact) mass is 384 g/mol. The minimum Gasteiger partial charge on any atom is -0.480 e. The number of benzene rings is 1. The summed E-state index contributed by atoms with van der Waals surface area (Å²) in [6, 6.07) is 2.77. The number of carboxylic acid groups (broad SMARTS) is 1. The second-order valence-corrected chi connectivity index (χ2v) is 6.85. The van der Waals surface area contributed by atoms with E-state index in [1.165, 1.54) is 22.8 Å². The Morgan fingerprint density at radius 2 is 2.00 bits per heavy atom. The smallest absolute Gasteiger partial charge is 0.323 e. The molecule has 0 radical (unpaired) electrons. The molecule has 1 unspecified atom stereocenters. The van der Waals surface area contributed by atoms with E-state index in [0.29, 0.717) is 37.9 Å². The first kappa shape index (κ1) is 20.2. The summed E-state index contributed by atoms with van der Waals surface area (Å²) < 4.78 is 14.3. The molecule has 26 heavy (non-hydrogen) atoms. The van der Waals surface area contributed by atoms with Crippen LogP contribution in [0.5, 0.6) is 0 Å². The molecule has 0 bridgehead atoms. The van der Waals surface area contributed by atoms with Gasteiger partial charge in [-0.05, 0) is 37.8 Å². The molecule has 1 aliphatic heterocycles. The van der Waals surface area contributed by atoms with Crippen LogP contribution in [-0.4, -0.2) is 58.4 Å². The van der Waals surface area contributed by atoms with Crippen LogP contribution in [0.1, 0.15) is 42.1 Å². The van der Waals surface area contributed by atoms with Crippen LogP contribution in [0.15, 0.2) is 12.1 Å². The number of hydrogen-bond donors (Lipinski definition) is 1. The van der Waals surface area contributed by atoms with Crippen molar-refractivity contribution in [3.05, 3.63) is 34.1 Å². The Kier molecular flexibility index (Phi) is 6.58. The molecule has 1 heterocycles. The zero-order chi connectivity index (χ0) is 19.4. The maximum atomic E-state index is 14.3. The fourth-order valence-electron chi connectivity index (χ4n) is 3.22. The molecule has 1 atom stereocenters. The van der Waals surface area contributed by atoms with E-state index >= 15 is 0 Å². The van der Waals surface area contributed by atoms with Gasteiger partial charge in [0, 0.05) is 26.1 Å².